The molecule has 1 aliphatic heterocycles. The van der Waals surface area contributed by atoms with Gasteiger partial charge in [0.25, 0.3) is 0 Å². The maximum atomic E-state index is 6.15. The van der Waals surface area contributed by atoms with Crippen LogP contribution >= 0.6 is 23.4 Å². The predicted molar refractivity (Wildman–Crippen MR) is 90.4 cm³/mol. The largest absolute Gasteiger partial charge is 0.268 e. The number of aryl methyl sites for hydroxylation is 1. The molecule has 0 aliphatic carbocycles. The van der Waals surface area contributed by atoms with E-state index >= 15 is 0 Å². The van der Waals surface area contributed by atoms with Crippen molar-refractivity contribution in [2.75, 3.05) is 5.75 Å². The summed E-state index contributed by atoms with van der Waals surface area (Å²) in [5, 5.41) is 4.83. The highest BCUT2D eigenvalue weighted by Crippen LogP contribution is 2.40. The minimum atomic E-state index is 0.560. The third-order valence-corrected chi connectivity index (χ3v) is 5.76. The first-order valence-electron chi connectivity index (χ1n) is 7.63. The summed E-state index contributed by atoms with van der Waals surface area (Å²) < 4.78 is 2.21. The molecular weight excluding hydrogens is 300 g/mol. The Balaban J connectivity index is 1.91. The average molecular weight is 321 g/mol. The molecule has 0 N–H and O–H groups in total. The molecule has 1 aromatic carbocycles. The van der Waals surface area contributed by atoms with Crippen molar-refractivity contribution in [1.82, 2.24) is 9.78 Å². The molecule has 112 valence electrons. The van der Waals surface area contributed by atoms with Crippen LogP contribution in [0.25, 0.3) is 0 Å². The highest BCUT2D eigenvalue weighted by molar-refractivity contribution is 7.99. The summed E-state index contributed by atoms with van der Waals surface area (Å²) in [5.74, 6) is 2.28. The van der Waals surface area contributed by atoms with E-state index in [1.165, 1.54) is 27.4 Å². The third kappa shape index (κ3) is 2.74. The smallest absolute Gasteiger partial charge is 0.0668 e. The first kappa shape index (κ1) is 15.0. The van der Waals surface area contributed by atoms with Gasteiger partial charge in [0, 0.05) is 34.4 Å². The van der Waals surface area contributed by atoms with Gasteiger partial charge in [0.15, 0.2) is 0 Å². The van der Waals surface area contributed by atoms with E-state index in [0.717, 1.165) is 25.1 Å². The van der Waals surface area contributed by atoms with E-state index in [9.17, 15) is 0 Å². The van der Waals surface area contributed by atoms with E-state index in [0.29, 0.717) is 11.8 Å². The zero-order chi connectivity index (χ0) is 14.8. The Morgan fingerprint density at radius 2 is 2.10 bits per heavy atom. The van der Waals surface area contributed by atoms with Crippen molar-refractivity contribution in [3.05, 3.63) is 46.8 Å². The normalized spacial score (nSPS) is 17.2. The molecule has 0 spiro atoms. The van der Waals surface area contributed by atoms with Gasteiger partial charge in [-0.15, -0.1) is 23.4 Å². The highest BCUT2D eigenvalue weighted by atomic mass is 35.5. The second kappa shape index (κ2) is 6.45. The molecule has 1 unspecified atom stereocenters. The second-order valence-electron chi connectivity index (χ2n) is 5.44. The summed E-state index contributed by atoms with van der Waals surface area (Å²) in [6.45, 7) is 5.32. The van der Waals surface area contributed by atoms with Gasteiger partial charge in [0.1, 0.15) is 0 Å². The summed E-state index contributed by atoms with van der Waals surface area (Å²) in [4.78, 5) is 1.43. The quantitative estimate of drug-likeness (QED) is 0.747. The summed E-state index contributed by atoms with van der Waals surface area (Å²) >= 11 is 8.11. The lowest BCUT2D eigenvalue weighted by Crippen LogP contribution is -2.13. The van der Waals surface area contributed by atoms with Crippen LogP contribution in [0.1, 0.15) is 42.3 Å². The van der Waals surface area contributed by atoms with Crippen LogP contribution in [0.15, 0.2) is 29.2 Å². The van der Waals surface area contributed by atoms with E-state index in [2.05, 4.69) is 42.8 Å². The van der Waals surface area contributed by atoms with Gasteiger partial charge in [-0.05, 0) is 24.5 Å². The van der Waals surface area contributed by atoms with E-state index < -0.39 is 0 Å². The predicted octanol–water partition coefficient (Wildman–Crippen LogP) is 4.64. The van der Waals surface area contributed by atoms with Gasteiger partial charge in [0.2, 0.25) is 0 Å². The molecule has 2 nitrogen and oxygen atoms in total. The molecule has 4 heteroatoms. The summed E-state index contributed by atoms with van der Waals surface area (Å²) in [5.41, 5.74) is 5.21. The molecule has 3 rings (SSSR count). The van der Waals surface area contributed by atoms with Crippen LogP contribution in [0.5, 0.6) is 0 Å². The van der Waals surface area contributed by atoms with Gasteiger partial charge in [0.05, 0.1) is 11.6 Å². The van der Waals surface area contributed by atoms with E-state index in [4.69, 9.17) is 16.7 Å². The molecule has 0 radical (unpaired) electrons. The standard InChI is InChI=1S/C17H21ClN2S/c1-3-15-14(9-18)16(4-2)20(19-15)10-12-11-21-17-8-6-5-7-13(12)17/h5-8,12H,3-4,9-11H2,1-2H3. The van der Waals surface area contributed by atoms with Gasteiger partial charge in [-0.3, -0.25) is 4.68 Å². The van der Waals surface area contributed by atoms with Crippen molar-refractivity contribution in [2.24, 2.45) is 0 Å². The highest BCUT2D eigenvalue weighted by Gasteiger charge is 2.25. The molecule has 0 saturated heterocycles. The first-order valence-corrected chi connectivity index (χ1v) is 9.15. The number of thioether (sulfide) groups is 1. The number of benzene rings is 1. The molecule has 0 fully saturated rings. The number of nitrogens with zero attached hydrogens (tertiary/aromatic N) is 2. The summed E-state index contributed by atoms with van der Waals surface area (Å²) in [6.07, 6.45) is 1.95. The van der Waals surface area contributed by atoms with Crippen molar-refractivity contribution in [3.63, 3.8) is 0 Å². The van der Waals surface area contributed by atoms with E-state index in [1.807, 2.05) is 11.8 Å². The minimum absolute atomic E-state index is 0.560. The Bertz CT molecular complexity index is 636. The summed E-state index contributed by atoms with van der Waals surface area (Å²) in [7, 11) is 0. The van der Waals surface area contributed by atoms with Crippen molar-refractivity contribution in [1.29, 1.82) is 0 Å². The van der Waals surface area contributed by atoms with Crippen molar-refractivity contribution in [3.8, 4) is 0 Å². The molecule has 0 amide bonds. The SMILES string of the molecule is CCc1nn(CC2CSc3ccccc32)c(CC)c1CCl. The topological polar surface area (TPSA) is 17.8 Å². The lowest BCUT2D eigenvalue weighted by molar-refractivity contribution is 0.526. The fraction of sp³-hybridized carbons (Fsp3) is 0.471. The van der Waals surface area contributed by atoms with Crippen LogP contribution in [0.3, 0.4) is 0 Å². The Morgan fingerprint density at radius 1 is 1.29 bits per heavy atom. The molecule has 1 aromatic heterocycles. The number of fused-ring (bicyclic) bond motifs is 1. The molecule has 1 atom stereocenters. The first-order chi connectivity index (χ1) is 10.3. The van der Waals surface area contributed by atoms with Crippen molar-refractivity contribution >= 4 is 23.4 Å². The zero-order valence-corrected chi connectivity index (χ0v) is 14.2. The van der Waals surface area contributed by atoms with Gasteiger partial charge >= 0.3 is 0 Å². The van der Waals surface area contributed by atoms with Gasteiger partial charge in [-0.25, -0.2) is 0 Å². The third-order valence-electron chi connectivity index (χ3n) is 4.25. The Morgan fingerprint density at radius 3 is 2.81 bits per heavy atom. The average Bonchev–Trinajstić information content (AvgIpc) is 3.08. The number of halogens is 1. The van der Waals surface area contributed by atoms with Gasteiger partial charge < -0.3 is 0 Å². The lowest BCUT2D eigenvalue weighted by Gasteiger charge is -2.13. The molecule has 0 saturated carbocycles. The molecule has 2 heterocycles. The van der Waals surface area contributed by atoms with Crippen molar-refractivity contribution < 1.29 is 0 Å². The van der Waals surface area contributed by atoms with Crippen LogP contribution in [0, 0.1) is 0 Å². The number of rotatable bonds is 5. The van der Waals surface area contributed by atoms with Gasteiger partial charge in [-0.1, -0.05) is 32.0 Å². The molecular formula is C17H21ClN2S. The maximum Gasteiger partial charge on any atom is 0.0668 e. The number of aromatic nitrogens is 2. The van der Waals surface area contributed by atoms with Crippen molar-refractivity contribution in [2.45, 2.75) is 49.9 Å². The van der Waals surface area contributed by atoms with Crippen LogP contribution in [-0.2, 0) is 25.3 Å². The van der Waals surface area contributed by atoms with Crippen LogP contribution in [0.4, 0.5) is 0 Å². The Kier molecular flexibility index (Phi) is 4.60. The molecule has 1 aliphatic rings. The molecule has 0 bridgehead atoms. The fourth-order valence-corrected chi connectivity index (χ4v) is 4.71. The number of alkyl halides is 1. The van der Waals surface area contributed by atoms with Crippen LogP contribution < -0.4 is 0 Å². The Labute approximate surface area is 135 Å². The molecule has 2 aromatic rings. The van der Waals surface area contributed by atoms with Crippen LogP contribution in [0.2, 0.25) is 0 Å². The van der Waals surface area contributed by atoms with Crippen LogP contribution in [-0.4, -0.2) is 15.5 Å². The Hall–Kier alpha value is -0.930. The zero-order valence-electron chi connectivity index (χ0n) is 12.6. The summed E-state index contributed by atoms with van der Waals surface area (Å²) in [6, 6.07) is 8.76. The lowest BCUT2D eigenvalue weighted by atomic mass is 10.0. The maximum absolute atomic E-state index is 6.15. The van der Waals surface area contributed by atoms with E-state index in [1.54, 1.807) is 0 Å². The monoisotopic (exact) mass is 320 g/mol. The number of hydrogen-bond acceptors (Lipinski definition) is 2. The number of hydrogen-bond donors (Lipinski definition) is 0. The molecule has 21 heavy (non-hydrogen) atoms. The fourth-order valence-electron chi connectivity index (χ4n) is 3.16. The second-order valence-corrected chi connectivity index (χ2v) is 6.77. The van der Waals surface area contributed by atoms with Gasteiger partial charge in [-0.2, -0.15) is 5.10 Å². The van der Waals surface area contributed by atoms with E-state index in [-0.39, 0.29) is 0 Å². The minimum Gasteiger partial charge on any atom is -0.268 e.